The van der Waals surface area contributed by atoms with Gasteiger partial charge in [0.15, 0.2) is 0 Å². The maximum absolute atomic E-state index is 11.6. The number of rotatable bonds is 4. The monoisotopic (exact) mass is 243 g/mol. The van der Waals surface area contributed by atoms with Gasteiger partial charge in [-0.2, -0.15) is 0 Å². The first-order valence-corrected chi connectivity index (χ1v) is 6.15. The standard InChI is InChI=1S/C12H21NO4/c1-10(2)4-3-7-17-12(15)11(14)13-5-8-16-9-6-13/h10H,3-9H2,1-2H3. The van der Waals surface area contributed by atoms with Crippen LogP contribution in [0.3, 0.4) is 0 Å². The van der Waals surface area contributed by atoms with Crippen LogP contribution in [-0.4, -0.2) is 49.7 Å². The molecule has 1 amide bonds. The Morgan fingerprint density at radius 1 is 1.29 bits per heavy atom. The van der Waals surface area contributed by atoms with Crippen LogP contribution in [0.25, 0.3) is 0 Å². The van der Waals surface area contributed by atoms with E-state index >= 15 is 0 Å². The Kier molecular flexibility index (Phi) is 5.97. The van der Waals surface area contributed by atoms with Gasteiger partial charge in [0.25, 0.3) is 0 Å². The van der Waals surface area contributed by atoms with Crippen molar-refractivity contribution >= 4 is 11.9 Å². The number of hydrogen-bond donors (Lipinski definition) is 0. The molecule has 1 saturated heterocycles. The first-order valence-electron chi connectivity index (χ1n) is 6.15. The fourth-order valence-corrected chi connectivity index (χ4v) is 1.61. The van der Waals surface area contributed by atoms with Crippen LogP contribution >= 0.6 is 0 Å². The average molecular weight is 243 g/mol. The number of ether oxygens (including phenoxy) is 2. The summed E-state index contributed by atoms with van der Waals surface area (Å²) in [7, 11) is 0. The van der Waals surface area contributed by atoms with Gasteiger partial charge in [-0.15, -0.1) is 0 Å². The molecule has 0 aromatic heterocycles. The van der Waals surface area contributed by atoms with Gasteiger partial charge in [0, 0.05) is 13.1 Å². The summed E-state index contributed by atoms with van der Waals surface area (Å²) >= 11 is 0. The molecule has 0 aromatic rings. The van der Waals surface area contributed by atoms with E-state index in [0.717, 1.165) is 12.8 Å². The number of carbonyl (C=O) groups excluding carboxylic acids is 2. The van der Waals surface area contributed by atoms with Gasteiger partial charge < -0.3 is 14.4 Å². The summed E-state index contributed by atoms with van der Waals surface area (Å²) in [5, 5.41) is 0. The number of carbonyl (C=O) groups is 2. The topological polar surface area (TPSA) is 55.8 Å². The van der Waals surface area contributed by atoms with Crippen molar-refractivity contribution in [2.45, 2.75) is 26.7 Å². The van der Waals surface area contributed by atoms with Crippen molar-refractivity contribution in [3.63, 3.8) is 0 Å². The molecule has 1 heterocycles. The molecule has 0 radical (unpaired) electrons. The molecule has 1 rings (SSSR count). The lowest BCUT2D eigenvalue weighted by atomic mass is 10.1. The Morgan fingerprint density at radius 2 is 1.94 bits per heavy atom. The fourth-order valence-electron chi connectivity index (χ4n) is 1.61. The predicted octanol–water partition coefficient (Wildman–Crippen LogP) is 0.825. The van der Waals surface area contributed by atoms with E-state index in [1.165, 1.54) is 4.90 Å². The molecular formula is C12H21NO4. The first-order chi connectivity index (χ1) is 8.11. The highest BCUT2D eigenvalue weighted by Gasteiger charge is 2.24. The Labute approximate surface area is 102 Å². The number of esters is 1. The summed E-state index contributed by atoms with van der Waals surface area (Å²) in [6, 6.07) is 0. The minimum atomic E-state index is -0.740. The molecule has 17 heavy (non-hydrogen) atoms. The van der Waals surface area contributed by atoms with Crippen molar-refractivity contribution in [3.8, 4) is 0 Å². The molecule has 0 bridgehead atoms. The van der Waals surface area contributed by atoms with E-state index in [4.69, 9.17) is 9.47 Å². The quantitative estimate of drug-likeness (QED) is 0.417. The highest BCUT2D eigenvalue weighted by atomic mass is 16.5. The minimum absolute atomic E-state index is 0.326. The van der Waals surface area contributed by atoms with Crippen LogP contribution in [-0.2, 0) is 19.1 Å². The number of nitrogens with zero attached hydrogens (tertiary/aromatic N) is 1. The number of amides is 1. The summed E-state index contributed by atoms with van der Waals surface area (Å²) in [4.78, 5) is 24.5. The van der Waals surface area contributed by atoms with Gasteiger partial charge in [-0.05, 0) is 18.8 Å². The zero-order chi connectivity index (χ0) is 12.7. The second kappa shape index (κ2) is 7.27. The normalized spacial score (nSPS) is 16.1. The second-order valence-electron chi connectivity index (χ2n) is 4.58. The molecule has 5 nitrogen and oxygen atoms in total. The SMILES string of the molecule is CC(C)CCCOC(=O)C(=O)N1CCOCC1. The van der Waals surface area contributed by atoms with Gasteiger partial charge in [-0.25, -0.2) is 4.79 Å². The lowest BCUT2D eigenvalue weighted by Crippen LogP contribution is -2.44. The molecule has 0 saturated carbocycles. The molecular weight excluding hydrogens is 222 g/mol. The van der Waals surface area contributed by atoms with Crippen molar-refractivity contribution in [1.29, 1.82) is 0 Å². The highest BCUT2D eigenvalue weighted by Crippen LogP contribution is 2.04. The van der Waals surface area contributed by atoms with Gasteiger partial charge in [0.1, 0.15) is 0 Å². The van der Waals surface area contributed by atoms with E-state index in [-0.39, 0.29) is 0 Å². The van der Waals surface area contributed by atoms with Gasteiger partial charge in [-0.1, -0.05) is 13.8 Å². The van der Waals surface area contributed by atoms with Crippen LogP contribution in [0.15, 0.2) is 0 Å². The second-order valence-corrected chi connectivity index (χ2v) is 4.58. The third-order valence-corrected chi connectivity index (χ3v) is 2.63. The summed E-state index contributed by atoms with van der Waals surface area (Å²) < 4.78 is 10.0. The lowest BCUT2D eigenvalue weighted by Gasteiger charge is -2.25. The average Bonchev–Trinajstić information content (AvgIpc) is 2.34. The molecule has 0 atom stereocenters. The largest absolute Gasteiger partial charge is 0.459 e. The molecule has 0 N–H and O–H groups in total. The molecule has 1 aliphatic heterocycles. The van der Waals surface area contributed by atoms with Gasteiger partial charge in [0.2, 0.25) is 0 Å². The van der Waals surface area contributed by atoms with Crippen LogP contribution in [0.2, 0.25) is 0 Å². The first kappa shape index (κ1) is 14.0. The Bertz CT molecular complexity index is 259. The number of morpholine rings is 1. The molecule has 98 valence electrons. The van der Waals surface area contributed by atoms with Crippen LogP contribution in [0.1, 0.15) is 26.7 Å². The van der Waals surface area contributed by atoms with Crippen LogP contribution in [0.5, 0.6) is 0 Å². The smallest absolute Gasteiger partial charge is 0.397 e. The number of hydrogen-bond acceptors (Lipinski definition) is 4. The highest BCUT2D eigenvalue weighted by molar-refractivity contribution is 6.32. The molecule has 5 heteroatoms. The maximum atomic E-state index is 11.6. The molecule has 1 fully saturated rings. The molecule has 0 spiro atoms. The van der Waals surface area contributed by atoms with Crippen molar-refractivity contribution in [3.05, 3.63) is 0 Å². The van der Waals surface area contributed by atoms with E-state index in [1.807, 2.05) is 0 Å². The van der Waals surface area contributed by atoms with E-state index in [1.54, 1.807) is 0 Å². The van der Waals surface area contributed by atoms with E-state index in [2.05, 4.69) is 13.8 Å². The molecule has 0 aromatic carbocycles. The van der Waals surface area contributed by atoms with Gasteiger partial charge >= 0.3 is 11.9 Å². The fraction of sp³-hybridized carbons (Fsp3) is 0.833. The lowest BCUT2D eigenvalue weighted by molar-refractivity contribution is -0.162. The summed E-state index contributed by atoms with van der Waals surface area (Å²) in [5.41, 5.74) is 0. The van der Waals surface area contributed by atoms with Crippen molar-refractivity contribution in [1.82, 2.24) is 4.90 Å². The van der Waals surface area contributed by atoms with E-state index in [9.17, 15) is 9.59 Å². The van der Waals surface area contributed by atoms with Crippen molar-refractivity contribution in [2.75, 3.05) is 32.9 Å². The van der Waals surface area contributed by atoms with Crippen molar-refractivity contribution < 1.29 is 19.1 Å². The Balaban J connectivity index is 2.19. The predicted molar refractivity (Wildman–Crippen MR) is 62.4 cm³/mol. The Hall–Kier alpha value is -1.10. The molecule has 0 aliphatic carbocycles. The summed E-state index contributed by atoms with van der Waals surface area (Å²) in [6.07, 6.45) is 1.80. The zero-order valence-electron chi connectivity index (χ0n) is 10.6. The third-order valence-electron chi connectivity index (χ3n) is 2.63. The summed E-state index contributed by atoms with van der Waals surface area (Å²) in [5.74, 6) is -0.697. The van der Waals surface area contributed by atoms with E-state index < -0.39 is 11.9 Å². The van der Waals surface area contributed by atoms with Crippen LogP contribution in [0.4, 0.5) is 0 Å². The van der Waals surface area contributed by atoms with Gasteiger partial charge in [0.05, 0.1) is 19.8 Å². The van der Waals surface area contributed by atoms with E-state index in [0.29, 0.717) is 38.8 Å². The molecule has 1 aliphatic rings. The van der Waals surface area contributed by atoms with Crippen molar-refractivity contribution in [2.24, 2.45) is 5.92 Å². The third kappa shape index (κ3) is 5.17. The summed E-state index contributed by atoms with van der Waals surface area (Å²) in [6.45, 7) is 6.48. The van der Waals surface area contributed by atoms with Crippen LogP contribution in [0, 0.1) is 5.92 Å². The Morgan fingerprint density at radius 3 is 2.53 bits per heavy atom. The minimum Gasteiger partial charge on any atom is -0.459 e. The molecule has 0 unspecified atom stereocenters. The van der Waals surface area contributed by atoms with Gasteiger partial charge in [-0.3, -0.25) is 4.79 Å². The zero-order valence-corrected chi connectivity index (χ0v) is 10.6. The maximum Gasteiger partial charge on any atom is 0.397 e. The van der Waals surface area contributed by atoms with Crippen LogP contribution < -0.4 is 0 Å².